The Morgan fingerprint density at radius 3 is 3.33 bits per heavy atom. The van der Waals surface area contributed by atoms with Crippen molar-refractivity contribution in [2.45, 2.75) is 12.5 Å². The van der Waals surface area contributed by atoms with Gasteiger partial charge in [0.15, 0.2) is 0 Å². The number of aromatic nitrogens is 2. The summed E-state index contributed by atoms with van der Waals surface area (Å²) >= 11 is 0. The number of aromatic amines is 1. The van der Waals surface area contributed by atoms with Crippen molar-refractivity contribution in [1.29, 1.82) is 0 Å². The maximum Gasteiger partial charge on any atom is 0.235 e. The molecule has 3 N–H and O–H groups in total. The summed E-state index contributed by atoms with van der Waals surface area (Å²) in [5.41, 5.74) is 5.47. The number of hydrogen-bond donors (Lipinski definition) is 2. The normalized spacial score (nSPS) is 21.7. The second kappa shape index (κ2) is 4.31. The first kappa shape index (κ1) is 9.97. The minimum absolute atomic E-state index is 0.104. The van der Waals surface area contributed by atoms with Crippen molar-refractivity contribution in [3.05, 3.63) is 6.07 Å². The smallest absolute Gasteiger partial charge is 0.235 e. The van der Waals surface area contributed by atoms with Gasteiger partial charge in [-0.25, -0.2) is 0 Å². The van der Waals surface area contributed by atoms with Gasteiger partial charge in [0.25, 0.3) is 0 Å². The molecule has 1 unspecified atom stereocenters. The fourth-order valence-corrected chi connectivity index (χ4v) is 1.71. The van der Waals surface area contributed by atoms with Crippen LogP contribution < -0.4 is 10.5 Å². The fourth-order valence-electron chi connectivity index (χ4n) is 1.71. The van der Waals surface area contributed by atoms with Gasteiger partial charge in [-0.15, -0.1) is 5.10 Å². The van der Waals surface area contributed by atoms with Gasteiger partial charge in [0.2, 0.25) is 5.88 Å². The van der Waals surface area contributed by atoms with E-state index in [2.05, 4.69) is 10.2 Å². The average molecular weight is 210 g/mol. The highest BCUT2D eigenvalue weighted by Crippen LogP contribution is 2.17. The van der Waals surface area contributed by atoms with E-state index in [1.165, 1.54) is 0 Å². The third kappa shape index (κ3) is 2.47. The predicted molar refractivity (Wildman–Crippen MR) is 54.5 cm³/mol. The summed E-state index contributed by atoms with van der Waals surface area (Å²) in [5, 5.41) is 6.50. The molecule has 0 radical (unpaired) electrons. The summed E-state index contributed by atoms with van der Waals surface area (Å²) in [5.74, 6) is 1.01. The fraction of sp³-hybridized carbons (Fsp3) is 0.556. The van der Waals surface area contributed by atoms with Crippen molar-refractivity contribution in [1.82, 2.24) is 15.1 Å². The monoisotopic (exact) mass is 210 g/mol. The van der Waals surface area contributed by atoms with E-state index in [1.54, 1.807) is 6.07 Å². The molecule has 2 rings (SSSR count). The summed E-state index contributed by atoms with van der Waals surface area (Å²) in [6.45, 7) is 2.14. The van der Waals surface area contributed by atoms with E-state index in [9.17, 15) is 4.79 Å². The number of nitrogens with zero attached hydrogens (tertiary/aromatic N) is 2. The van der Waals surface area contributed by atoms with Crippen LogP contribution in [0, 0.1) is 0 Å². The SMILES string of the molecule is Nc1cc(OC2CCN(CC=O)C2)n[nH]1. The molecule has 1 aliphatic heterocycles. The Bertz CT molecular complexity index is 339. The number of aldehydes is 1. The summed E-state index contributed by atoms with van der Waals surface area (Å²) in [6.07, 6.45) is 1.93. The molecule has 0 saturated carbocycles. The molecule has 2 heterocycles. The molecule has 0 bridgehead atoms. The van der Waals surface area contributed by atoms with Crippen LogP contribution in [0.2, 0.25) is 0 Å². The van der Waals surface area contributed by atoms with Crippen molar-refractivity contribution >= 4 is 12.1 Å². The summed E-state index contributed by atoms with van der Waals surface area (Å²) < 4.78 is 5.59. The summed E-state index contributed by atoms with van der Waals surface area (Å²) in [7, 11) is 0. The first-order valence-corrected chi connectivity index (χ1v) is 4.91. The molecular formula is C9H14N4O2. The lowest BCUT2D eigenvalue weighted by Crippen LogP contribution is -2.26. The zero-order valence-electron chi connectivity index (χ0n) is 8.35. The van der Waals surface area contributed by atoms with Gasteiger partial charge in [-0.1, -0.05) is 0 Å². The number of carbonyl (C=O) groups is 1. The number of carbonyl (C=O) groups excluding carboxylic acids is 1. The van der Waals surface area contributed by atoms with E-state index in [-0.39, 0.29) is 6.10 Å². The Kier molecular flexibility index (Phi) is 2.86. The molecule has 0 amide bonds. The van der Waals surface area contributed by atoms with Crippen molar-refractivity contribution in [3.8, 4) is 5.88 Å². The third-order valence-electron chi connectivity index (χ3n) is 2.42. The van der Waals surface area contributed by atoms with Crippen LogP contribution in [0.5, 0.6) is 5.88 Å². The van der Waals surface area contributed by atoms with Crippen molar-refractivity contribution in [2.24, 2.45) is 0 Å². The van der Waals surface area contributed by atoms with Gasteiger partial charge >= 0.3 is 0 Å². The Morgan fingerprint density at radius 1 is 1.80 bits per heavy atom. The molecule has 82 valence electrons. The molecular weight excluding hydrogens is 196 g/mol. The molecule has 1 saturated heterocycles. The first-order valence-electron chi connectivity index (χ1n) is 4.91. The summed E-state index contributed by atoms with van der Waals surface area (Å²) in [4.78, 5) is 12.4. The van der Waals surface area contributed by atoms with Crippen molar-refractivity contribution in [3.63, 3.8) is 0 Å². The van der Waals surface area contributed by atoms with Crippen LogP contribution in [0.4, 0.5) is 5.82 Å². The lowest BCUT2D eigenvalue weighted by molar-refractivity contribution is -0.108. The first-order chi connectivity index (χ1) is 7.28. The van der Waals surface area contributed by atoms with E-state index in [0.29, 0.717) is 18.2 Å². The molecule has 1 aromatic heterocycles. The zero-order valence-corrected chi connectivity index (χ0v) is 8.35. The molecule has 1 aliphatic rings. The molecule has 0 spiro atoms. The number of H-pyrrole nitrogens is 1. The van der Waals surface area contributed by atoms with Crippen molar-refractivity contribution in [2.75, 3.05) is 25.4 Å². The van der Waals surface area contributed by atoms with Crippen molar-refractivity contribution < 1.29 is 9.53 Å². The van der Waals surface area contributed by atoms with Gasteiger partial charge in [-0.3, -0.25) is 10.00 Å². The van der Waals surface area contributed by atoms with Crippen LogP contribution >= 0.6 is 0 Å². The van der Waals surface area contributed by atoms with Crippen LogP contribution in [0.3, 0.4) is 0 Å². The minimum Gasteiger partial charge on any atom is -0.472 e. The van der Waals surface area contributed by atoms with E-state index >= 15 is 0 Å². The van der Waals surface area contributed by atoms with Gasteiger partial charge in [0, 0.05) is 19.2 Å². The van der Waals surface area contributed by atoms with Gasteiger partial charge in [0.1, 0.15) is 18.2 Å². The largest absolute Gasteiger partial charge is 0.472 e. The Hall–Kier alpha value is -1.56. The highest BCUT2D eigenvalue weighted by molar-refractivity contribution is 5.52. The Balaban J connectivity index is 1.84. The van der Waals surface area contributed by atoms with Gasteiger partial charge in [-0.05, 0) is 6.42 Å². The summed E-state index contributed by atoms with van der Waals surface area (Å²) in [6, 6.07) is 1.66. The maximum absolute atomic E-state index is 10.3. The van der Waals surface area contributed by atoms with Crippen LogP contribution in [0.15, 0.2) is 6.07 Å². The standard InChI is InChI=1S/C9H14N4O2/c10-8-5-9(12-11-8)15-7-1-2-13(6-7)3-4-14/h4-5,7H,1-3,6H2,(H3,10,11,12). The number of hydrogen-bond acceptors (Lipinski definition) is 5. The molecule has 15 heavy (non-hydrogen) atoms. The number of anilines is 1. The number of nitrogen functional groups attached to an aromatic ring is 1. The van der Waals surface area contributed by atoms with Gasteiger partial charge in [0.05, 0.1) is 6.54 Å². The molecule has 0 aliphatic carbocycles. The number of rotatable bonds is 4. The number of nitrogens with one attached hydrogen (secondary N) is 1. The second-order valence-electron chi connectivity index (χ2n) is 3.62. The molecule has 1 aromatic rings. The zero-order chi connectivity index (χ0) is 10.7. The van der Waals surface area contributed by atoms with E-state index in [0.717, 1.165) is 25.8 Å². The maximum atomic E-state index is 10.3. The highest BCUT2D eigenvalue weighted by Gasteiger charge is 2.23. The lowest BCUT2D eigenvalue weighted by Gasteiger charge is -2.12. The number of ether oxygens (including phenoxy) is 1. The molecule has 1 atom stereocenters. The van der Waals surface area contributed by atoms with Gasteiger partial charge in [-0.2, -0.15) is 0 Å². The number of nitrogens with two attached hydrogens (primary N) is 1. The van der Waals surface area contributed by atoms with Crippen LogP contribution in [-0.2, 0) is 4.79 Å². The molecule has 0 aromatic carbocycles. The molecule has 1 fully saturated rings. The highest BCUT2D eigenvalue weighted by atomic mass is 16.5. The van der Waals surface area contributed by atoms with Crippen LogP contribution in [-0.4, -0.2) is 47.1 Å². The topological polar surface area (TPSA) is 84.2 Å². The van der Waals surface area contributed by atoms with E-state index in [1.807, 2.05) is 4.90 Å². The lowest BCUT2D eigenvalue weighted by atomic mass is 10.3. The third-order valence-corrected chi connectivity index (χ3v) is 2.42. The van der Waals surface area contributed by atoms with Gasteiger partial charge < -0.3 is 15.3 Å². The second-order valence-corrected chi connectivity index (χ2v) is 3.62. The number of likely N-dealkylation sites (tertiary alicyclic amines) is 1. The Morgan fingerprint density at radius 2 is 2.67 bits per heavy atom. The molecule has 6 nitrogen and oxygen atoms in total. The predicted octanol–water partition coefficient (Wildman–Crippen LogP) is -0.356. The molecule has 6 heteroatoms. The van der Waals surface area contributed by atoms with E-state index in [4.69, 9.17) is 10.5 Å². The van der Waals surface area contributed by atoms with Crippen LogP contribution in [0.25, 0.3) is 0 Å². The average Bonchev–Trinajstić information content (AvgIpc) is 2.78. The van der Waals surface area contributed by atoms with E-state index < -0.39 is 0 Å². The Labute approximate surface area is 87.4 Å². The van der Waals surface area contributed by atoms with Crippen LogP contribution in [0.1, 0.15) is 6.42 Å². The minimum atomic E-state index is 0.104. The quantitative estimate of drug-likeness (QED) is 0.663.